The van der Waals surface area contributed by atoms with Crippen LogP contribution in [0.5, 0.6) is 0 Å². The summed E-state index contributed by atoms with van der Waals surface area (Å²) in [5, 5.41) is 12.1. The summed E-state index contributed by atoms with van der Waals surface area (Å²) in [6.45, 7) is 4.84. The van der Waals surface area contributed by atoms with Gasteiger partial charge in [-0.05, 0) is 35.4 Å². The molecule has 2 N–H and O–H groups in total. The summed E-state index contributed by atoms with van der Waals surface area (Å²) in [4.78, 5) is 19.5. The third kappa shape index (κ3) is 5.25. The molecule has 27 heavy (non-hydrogen) atoms. The van der Waals surface area contributed by atoms with E-state index < -0.39 is 5.97 Å². The number of carboxylic acids is 1. The lowest BCUT2D eigenvalue weighted by Crippen LogP contribution is -2.02. The lowest BCUT2D eigenvalue weighted by Gasteiger charge is -2.09. The smallest absolute Gasteiger partial charge is 0.303 e. The molecule has 0 spiro atoms. The van der Waals surface area contributed by atoms with E-state index >= 15 is 0 Å². The summed E-state index contributed by atoms with van der Waals surface area (Å²) in [5.41, 5.74) is 4.46. The van der Waals surface area contributed by atoms with Crippen LogP contribution in [0, 0.1) is 0 Å². The lowest BCUT2D eigenvalue weighted by atomic mass is 10.0. The van der Waals surface area contributed by atoms with Crippen LogP contribution in [0.2, 0.25) is 0 Å². The van der Waals surface area contributed by atoms with Gasteiger partial charge in [-0.2, -0.15) is 0 Å². The molecule has 136 valence electrons. The summed E-state index contributed by atoms with van der Waals surface area (Å²) >= 11 is 0. The van der Waals surface area contributed by atoms with Gasteiger partial charge in [0.1, 0.15) is 5.82 Å². The first-order valence-electron chi connectivity index (χ1n) is 8.73. The van der Waals surface area contributed by atoms with Gasteiger partial charge in [-0.3, -0.25) is 9.78 Å². The third-order valence-corrected chi connectivity index (χ3v) is 4.15. The molecule has 1 aromatic carbocycles. The average Bonchev–Trinajstić information content (AvgIpc) is 2.71. The van der Waals surface area contributed by atoms with Gasteiger partial charge in [0.2, 0.25) is 0 Å². The Kier molecular flexibility index (Phi) is 5.94. The standard InChI is InChI=1S/C22H21N3O2/c1-16(20-6-4-5-19(25-20)12-13-22(26)27)18-10-8-17(9-11-18)15-24-21-7-2-3-14-23-21/h2-11,14H,1,12-13,15H2,(H,23,24)(H,26,27). The molecule has 0 bridgehead atoms. The van der Waals surface area contributed by atoms with E-state index in [1.807, 2.05) is 60.7 Å². The van der Waals surface area contributed by atoms with Crippen LogP contribution in [-0.2, 0) is 17.8 Å². The maximum Gasteiger partial charge on any atom is 0.303 e. The fourth-order valence-electron chi connectivity index (χ4n) is 2.65. The summed E-state index contributed by atoms with van der Waals surface area (Å²) in [5.74, 6) is 0.0179. The van der Waals surface area contributed by atoms with Crippen molar-refractivity contribution in [3.05, 3.63) is 96.0 Å². The molecule has 2 heterocycles. The first-order valence-corrected chi connectivity index (χ1v) is 8.73. The fourth-order valence-corrected chi connectivity index (χ4v) is 2.65. The summed E-state index contributed by atoms with van der Waals surface area (Å²) in [6, 6.07) is 19.5. The van der Waals surface area contributed by atoms with Crippen LogP contribution in [0.4, 0.5) is 5.82 Å². The third-order valence-electron chi connectivity index (χ3n) is 4.15. The zero-order valence-electron chi connectivity index (χ0n) is 14.9. The monoisotopic (exact) mass is 359 g/mol. The highest BCUT2D eigenvalue weighted by Crippen LogP contribution is 2.21. The van der Waals surface area contributed by atoms with Gasteiger partial charge in [-0.25, -0.2) is 4.98 Å². The Morgan fingerprint density at radius 3 is 2.56 bits per heavy atom. The minimum Gasteiger partial charge on any atom is -0.481 e. The molecular formula is C22H21N3O2. The number of hydrogen-bond acceptors (Lipinski definition) is 4. The van der Waals surface area contributed by atoms with Crippen molar-refractivity contribution in [2.45, 2.75) is 19.4 Å². The van der Waals surface area contributed by atoms with Crippen LogP contribution >= 0.6 is 0 Å². The highest BCUT2D eigenvalue weighted by atomic mass is 16.4. The van der Waals surface area contributed by atoms with E-state index in [1.54, 1.807) is 6.20 Å². The van der Waals surface area contributed by atoms with Crippen LogP contribution in [-0.4, -0.2) is 21.0 Å². The average molecular weight is 359 g/mol. The zero-order chi connectivity index (χ0) is 19.1. The number of carboxylic acid groups (broad SMARTS) is 1. The van der Waals surface area contributed by atoms with Crippen molar-refractivity contribution >= 4 is 17.4 Å². The van der Waals surface area contributed by atoms with Crippen molar-refractivity contribution in [3.63, 3.8) is 0 Å². The van der Waals surface area contributed by atoms with Gasteiger partial charge < -0.3 is 10.4 Å². The van der Waals surface area contributed by atoms with Crippen LogP contribution in [0.1, 0.15) is 28.9 Å². The lowest BCUT2D eigenvalue weighted by molar-refractivity contribution is -0.136. The SMILES string of the molecule is C=C(c1ccc(CNc2ccccn2)cc1)c1cccc(CCC(=O)O)n1. The molecule has 3 rings (SSSR count). The van der Waals surface area contributed by atoms with Gasteiger partial charge in [0.15, 0.2) is 0 Å². The van der Waals surface area contributed by atoms with E-state index in [-0.39, 0.29) is 6.42 Å². The molecule has 3 aromatic rings. The minimum absolute atomic E-state index is 0.0703. The molecule has 0 atom stereocenters. The number of hydrogen-bond donors (Lipinski definition) is 2. The maximum atomic E-state index is 10.7. The topological polar surface area (TPSA) is 75.1 Å². The zero-order valence-corrected chi connectivity index (χ0v) is 14.9. The van der Waals surface area contributed by atoms with Crippen molar-refractivity contribution < 1.29 is 9.90 Å². The van der Waals surface area contributed by atoms with Gasteiger partial charge in [-0.15, -0.1) is 0 Å². The van der Waals surface area contributed by atoms with Gasteiger partial charge in [0.25, 0.3) is 0 Å². The van der Waals surface area contributed by atoms with Crippen molar-refractivity contribution in [3.8, 4) is 0 Å². The number of aryl methyl sites for hydroxylation is 1. The van der Waals surface area contributed by atoms with E-state index in [1.165, 1.54) is 0 Å². The predicted molar refractivity (Wildman–Crippen MR) is 106 cm³/mol. The highest BCUT2D eigenvalue weighted by molar-refractivity contribution is 5.76. The molecule has 2 aromatic heterocycles. The number of carbonyl (C=O) groups is 1. The van der Waals surface area contributed by atoms with Gasteiger partial charge in [0.05, 0.1) is 12.1 Å². The molecule has 0 amide bonds. The molecule has 0 radical (unpaired) electrons. The Labute approximate surface area is 158 Å². The quantitative estimate of drug-likeness (QED) is 0.631. The second-order valence-corrected chi connectivity index (χ2v) is 6.15. The van der Waals surface area contributed by atoms with Gasteiger partial charge in [-0.1, -0.05) is 43.0 Å². The highest BCUT2D eigenvalue weighted by Gasteiger charge is 2.07. The first-order chi connectivity index (χ1) is 13.1. The molecule has 0 aliphatic heterocycles. The van der Waals surface area contributed by atoms with Crippen molar-refractivity contribution in [2.75, 3.05) is 5.32 Å². The molecule has 0 aliphatic rings. The van der Waals surface area contributed by atoms with Crippen LogP contribution in [0.3, 0.4) is 0 Å². The molecule has 5 heteroatoms. The van der Waals surface area contributed by atoms with Crippen LogP contribution < -0.4 is 5.32 Å². The molecule has 0 saturated heterocycles. The van der Waals surface area contributed by atoms with E-state index in [2.05, 4.69) is 21.9 Å². The molecule has 0 fully saturated rings. The van der Waals surface area contributed by atoms with Gasteiger partial charge in [0, 0.05) is 30.4 Å². The minimum atomic E-state index is -0.823. The normalized spacial score (nSPS) is 10.4. The Morgan fingerprint density at radius 1 is 1.04 bits per heavy atom. The Hall–Kier alpha value is -3.47. The number of aromatic nitrogens is 2. The number of anilines is 1. The van der Waals surface area contributed by atoms with Crippen molar-refractivity contribution in [1.82, 2.24) is 9.97 Å². The number of nitrogens with zero attached hydrogens (tertiary/aromatic N) is 2. The molecule has 0 aliphatic carbocycles. The number of nitrogens with one attached hydrogen (secondary N) is 1. The van der Waals surface area contributed by atoms with Crippen LogP contribution in [0.25, 0.3) is 5.57 Å². The van der Waals surface area contributed by atoms with Crippen LogP contribution in [0.15, 0.2) is 73.4 Å². The number of benzene rings is 1. The maximum absolute atomic E-state index is 10.7. The van der Waals surface area contributed by atoms with E-state index in [0.29, 0.717) is 13.0 Å². The van der Waals surface area contributed by atoms with Crippen molar-refractivity contribution in [2.24, 2.45) is 0 Å². The Bertz CT molecular complexity index is 922. The first kappa shape index (κ1) is 18.3. The molecular weight excluding hydrogens is 338 g/mol. The number of rotatable bonds is 8. The largest absolute Gasteiger partial charge is 0.481 e. The Balaban J connectivity index is 1.65. The number of aliphatic carboxylic acids is 1. The number of pyridine rings is 2. The summed E-state index contributed by atoms with van der Waals surface area (Å²) in [6.07, 6.45) is 2.24. The summed E-state index contributed by atoms with van der Waals surface area (Å²) in [7, 11) is 0. The molecule has 0 saturated carbocycles. The summed E-state index contributed by atoms with van der Waals surface area (Å²) < 4.78 is 0. The molecule has 5 nitrogen and oxygen atoms in total. The Morgan fingerprint density at radius 2 is 1.85 bits per heavy atom. The second-order valence-electron chi connectivity index (χ2n) is 6.15. The van der Waals surface area contributed by atoms with E-state index in [4.69, 9.17) is 5.11 Å². The molecule has 0 unspecified atom stereocenters. The second kappa shape index (κ2) is 8.76. The van der Waals surface area contributed by atoms with Crippen molar-refractivity contribution in [1.29, 1.82) is 0 Å². The van der Waals surface area contributed by atoms with E-state index in [9.17, 15) is 4.79 Å². The predicted octanol–water partition coefficient (Wildman–Crippen LogP) is 4.17. The van der Waals surface area contributed by atoms with Gasteiger partial charge >= 0.3 is 5.97 Å². The van der Waals surface area contributed by atoms with E-state index in [0.717, 1.165) is 33.9 Å². The fraction of sp³-hybridized carbons (Fsp3) is 0.136.